The lowest BCUT2D eigenvalue weighted by Crippen LogP contribution is -1.99. The Labute approximate surface area is 100 Å². The van der Waals surface area contributed by atoms with Crippen molar-refractivity contribution in [1.29, 1.82) is 0 Å². The number of benzene rings is 1. The van der Waals surface area contributed by atoms with Gasteiger partial charge in [0.05, 0.1) is 5.69 Å². The summed E-state index contributed by atoms with van der Waals surface area (Å²) in [6.45, 7) is 0.658. The Balaban J connectivity index is 2.07. The Kier molecular flexibility index (Phi) is 3.38. The van der Waals surface area contributed by atoms with Crippen molar-refractivity contribution >= 4 is 33.0 Å². The minimum absolute atomic E-state index is 0.227. The fourth-order valence-electron chi connectivity index (χ4n) is 1.23. The van der Waals surface area contributed by atoms with Gasteiger partial charge in [-0.25, -0.2) is 4.39 Å². The first-order valence-electron chi connectivity index (χ1n) is 4.47. The second kappa shape index (κ2) is 4.77. The normalized spacial score (nSPS) is 10.3. The molecule has 0 aliphatic heterocycles. The zero-order chi connectivity index (χ0) is 10.7. The van der Waals surface area contributed by atoms with Gasteiger partial charge in [-0.15, -0.1) is 11.3 Å². The smallest absolute Gasteiger partial charge is 0.146 e. The summed E-state index contributed by atoms with van der Waals surface area (Å²) in [5, 5.41) is 5.07. The van der Waals surface area contributed by atoms with Gasteiger partial charge in [0.1, 0.15) is 5.82 Å². The molecule has 0 radical (unpaired) electrons. The maximum atomic E-state index is 13.3. The van der Waals surface area contributed by atoms with Crippen molar-refractivity contribution in [2.75, 3.05) is 5.32 Å². The number of hydrogen-bond donors (Lipinski definition) is 1. The topological polar surface area (TPSA) is 12.0 Å². The fourth-order valence-corrected chi connectivity index (χ4v) is 2.23. The van der Waals surface area contributed by atoms with Crippen LogP contribution >= 0.6 is 27.3 Å². The van der Waals surface area contributed by atoms with E-state index >= 15 is 0 Å². The van der Waals surface area contributed by atoms with Crippen molar-refractivity contribution in [1.82, 2.24) is 0 Å². The molecule has 0 atom stereocenters. The number of rotatable bonds is 3. The summed E-state index contributed by atoms with van der Waals surface area (Å²) in [6.07, 6.45) is 0. The van der Waals surface area contributed by atoms with Gasteiger partial charge in [0.25, 0.3) is 0 Å². The van der Waals surface area contributed by atoms with Crippen molar-refractivity contribution in [3.8, 4) is 0 Å². The van der Waals surface area contributed by atoms with E-state index in [1.807, 2.05) is 17.5 Å². The lowest BCUT2D eigenvalue weighted by Gasteiger charge is -2.06. The van der Waals surface area contributed by atoms with Gasteiger partial charge in [0.15, 0.2) is 0 Å². The number of thiophene rings is 1. The summed E-state index contributed by atoms with van der Waals surface area (Å²) in [5.74, 6) is -0.227. The van der Waals surface area contributed by atoms with Crippen LogP contribution in [0.3, 0.4) is 0 Å². The highest BCUT2D eigenvalue weighted by molar-refractivity contribution is 9.10. The van der Waals surface area contributed by atoms with Crippen molar-refractivity contribution in [3.05, 3.63) is 50.9 Å². The molecule has 15 heavy (non-hydrogen) atoms. The van der Waals surface area contributed by atoms with Crippen molar-refractivity contribution < 1.29 is 4.39 Å². The first-order chi connectivity index (χ1) is 7.25. The van der Waals surface area contributed by atoms with Gasteiger partial charge in [0.2, 0.25) is 0 Å². The van der Waals surface area contributed by atoms with Crippen LogP contribution in [0.5, 0.6) is 0 Å². The van der Waals surface area contributed by atoms with Gasteiger partial charge >= 0.3 is 0 Å². The van der Waals surface area contributed by atoms with Crippen LogP contribution in [-0.4, -0.2) is 0 Å². The van der Waals surface area contributed by atoms with Crippen LogP contribution in [0.4, 0.5) is 10.1 Å². The molecular formula is C11H9BrFNS. The monoisotopic (exact) mass is 285 g/mol. The third kappa shape index (κ3) is 2.79. The molecule has 0 bridgehead atoms. The maximum Gasteiger partial charge on any atom is 0.146 e. The van der Waals surface area contributed by atoms with E-state index in [9.17, 15) is 4.39 Å². The summed E-state index contributed by atoms with van der Waals surface area (Å²) < 4.78 is 14.2. The highest BCUT2D eigenvalue weighted by atomic mass is 79.9. The summed E-state index contributed by atoms with van der Waals surface area (Å²) >= 11 is 4.97. The van der Waals surface area contributed by atoms with Crippen LogP contribution in [0.1, 0.15) is 4.88 Å². The van der Waals surface area contributed by atoms with Crippen LogP contribution < -0.4 is 5.32 Å². The predicted octanol–water partition coefficient (Wildman–Crippen LogP) is 4.26. The maximum absolute atomic E-state index is 13.3. The standard InChI is InChI=1S/C11H9BrFNS/c12-8-3-4-10(13)11(6-8)14-7-9-2-1-5-15-9/h1-6,14H,7H2. The molecule has 0 aliphatic carbocycles. The molecular weight excluding hydrogens is 277 g/mol. The van der Waals surface area contributed by atoms with Crippen LogP contribution in [-0.2, 0) is 6.54 Å². The minimum atomic E-state index is -0.227. The van der Waals surface area contributed by atoms with E-state index < -0.39 is 0 Å². The molecule has 1 nitrogen and oxygen atoms in total. The summed E-state index contributed by atoms with van der Waals surface area (Å²) in [6, 6.07) is 8.88. The van der Waals surface area contributed by atoms with Crippen LogP contribution in [0.25, 0.3) is 0 Å². The zero-order valence-corrected chi connectivity index (χ0v) is 10.2. The van der Waals surface area contributed by atoms with Gasteiger partial charge < -0.3 is 5.32 Å². The first-order valence-corrected chi connectivity index (χ1v) is 6.14. The van der Waals surface area contributed by atoms with Crippen LogP contribution in [0.2, 0.25) is 0 Å². The molecule has 0 aliphatic rings. The molecule has 1 aromatic carbocycles. The molecule has 1 heterocycles. The zero-order valence-electron chi connectivity index (χ0n) is 7.84. The largest absolute Gasteiger partial charge is 0.378 e. The summed E-state index contributed by atoms with van der Waals surface area (Å²) in [5.41, 5.74) is 0.526. The van der Waals surface area contributed by atoms with Gasteiger partial charge in [-0.3, -0.25) is 0 Å². The summed E-state index contributed by atoms with van der Waals surface area (Å²) in [4.78, 5) is 1.19. The van der Waals surface area contributed by atoms with Gasteiger partial charge in [-0.05, 0) is 29.6 Å². The van der Waals surface area contributed by atoms with E-state index in [1.54, 1.807) is 23.5 Å². The molecule has 4 heteroatoms. The Bertz CT molecular complexity index is 442. The van der Waals surface area contributed by atoms with E-state index in [1.165, 1.54) is 10.9 Å². The SMILES string of the molecule is Fc1ccc(Br)cc1NCc1cccs1. The molecule has 0 fully saturated rings. The average molecular weight is 286 g/mol. The molecule has 2 rings (SSSR count). The van der Waals surface area contributed by atoms with Crippen molar-refractivity contribution in [2.24, 2.45) is 0 Å². The number of hydrogen-bond acceptors (Lipinski definition) is 2. The lowest BCUT2D eigenvalue weighted by molar-refractivity contribution is 0.630. The molecule has 1 aromatic heterocycles. The van der Waals surface area contributed by atoms with E-state index in [4.69, 9.17) is 0 Å². The van der Waals surface area contributed by atoms with E-state index in [0.717, 1.165) is 4.47 Å². The molecule has 0 unspecified atom stereocenters. The fraction of sp³-hybridized carbons (Fsp3) is 0.0909. The summed E-state index contributed by atoms with van der Waals surface area (Å²) in [7, 11) is 0. The number of anilines is 1. The molecule has 1 N–H and O–H groups in total. The lowest BCUT2D eigenvalue weighted by atomic mass is 10.3. The molecule has 0 saturated carbocycles. The van der Waals surface area contributed by atoms with E-state index in [0.29, 0.717) is 12.2 Å². The quantitative estimate of drug-likeness (QED) is 0.888. The van der Waals surface area contributed by atoms with Crippen LogP contribution in [0.15, 0.2) is 40.2 Å². The number of halogens is 2. The molecule has 0 spiro atoms. The van der Waals surface area contributed by atoms with Gasteiger partial charge in [-0.1, -0.05) is 22.0 Å². The van der Waals surface area contributed by atoms with Crippen molar-refractivity contribution in [2.45, 2.75) is 6.54 Å². The van der Waals surface area contributed by atoms with Gasteiger partial charge in [0, 0.05) is 15.9 Å². The number of nitrogens with one attached hydrogen (secondary N) is 1. The average Bonchev–Trinajstić information content (AvgIpc) is 2.72. The highest BCUT2D eigenvalue weighted by Gasteiger charge is 2.02. The third-order valence-corrected chi connectivity index (χ3v) is 3.33. The second-order valence-electron chi connectivity index (χ2n) is 3.06. The molecule has 0 amide bonds. The Morgan fingerprint density at radius 2 is 2.20 bits per heavy atom. The van der Waals surface area contributed by atoms with Crippen molar-refractivity contribution in [3.63, 3.8) is 0 Å². The van der Waals surface area contributed by atoms with E-state index in [-0.39, 0.29) is 5.82 Å². The van der Waals surface area contributed by atoms with Gasteiger partial charge in [-0.2, -0.15) is 0 Å². The second-order valence-corrected chi connectivity index (χ2v) is 5.01. The molecule has 0 saturated heterocycles. The first kappa shape index (κ1) is 10.6. The highest BCUT2D eigenvalue weighted by Crippen LogP contribution is 2.21. The van der Waals surface area contributed by atoms with Crippen LogP contribution in [0, 0.1) is 5.82 Å². The third-order valence-electron chi connectivity index (χ3n) is 1.96. The minimum Gasteiger partial charge on any atom is -0.378 e. The Morgan fingerprint density at radius 3 is 2.93 bits per heavy atom. The molecule has 2 aromatic rings. The Hall–Kier alpha value is -0.870. The van der Waals surface area contributed by atoms with E-state index in [2.05, 4.69) is 21.2 Å². The predicted molar refractivity (Wildman–Crippen MR) is 65.7 cm³/mol. The molecule has 78 valence electrons. The Morgan fingerprint density at radius 1 is 1.33 bits per heavy atom.